The van der Waals surface area contributed by atoms with Gasteiger partial charge in [0.2, 0.25) is 0 Å². The van der Waals surface area contributed by atoms with E-state index < -0.39 is 5.60 Å². The van der Waals surface area contributed by atoms with Crippen LogP contribution in [0, 0.1) is 0 Å². The highest BCUT2D eigenvalue weighted by atomic mass is 16.3. The largest absolute Gasteiger partial charge is 0.389 e. The van der Waals surface area contributed by atoms with Gasteiger partial charge in [-0.1, -0.05) is 0 Å². The predicted octanol–water partition coefficient (Wildman–Crippen LogP) is -0.271. The van der Waals surface area contributed by atoms with Crippen LogP contribution in [0.2, 0.25) is 0 Å². The number of hydrogen-bond acceptors (Lipinski definition) is 2. The summed E-state index contributed by atoms with van der Waals surface area (Å²) in [6, 6.07) is 0.354. The Labute approximate surface area is 43.5 Å². The van der Waals surface area contributed by atoms with Crippen molar-refractivity contribution >= 4 is 0 Å². The molecule has 0 spiro atoms. The van der Waals surface area contributed by atoms with Crippen molar-refractivity contribution in [2.75, 3.05) is 6.54 Å². The molecule has 1 aliphatic heterocycles. The smallest absolute Gasteiger partial charge is 0.0756 e. The first-order valence-electron chi connectivity index (χ1n) is 2.56. The van der Waals surface area contributed by atoms with Crippen molar-refractivity contribution in [3.63, 3.8) is 0 Å². The van der Waals surface area contributed by atoms with Gasteiger partial charge in [0.15, 0.2) is 0 Å². The zero-order chi connectivity index (χ0) is 5.49. The van der Waals surface area contributed by atoms with Gasteiger partial charge in [-0.15, -0.1) is 0 Å². The Bertz CT molecular complexity index is 70.6. The minimum atomic E-state index is -0.500. The fourth-order valence-corrected chi connectivity index (χ4v) is 0.558. The fraction of sp³-hybridized carbons (Fsp3) is 1.00. The third kappa shape index (κ3) is 1.14. The van der Waals surface area contributed by atoms with Crippen LogP contribution in [0.4, 0.5) is 0 Å². The molecular weight excluding hydrogens is 90.1 g/mol. The van der Waals surface area contributed by atoms with E-state index in [2.05, 4.69) is 5.32 Å². The van der Waals surface area contributed by atoms with E-state index in [9.17, 15) is 0 Å². The van der Waals surface area contributed by atoms with E-state index in [1.807, 2.05) is 13.8 Å². The van der Waals surface area contributed by atoms with Crippen LogP contribution in [0.1, 0.15) is 13.8 Å². The van der Waals surface area contributed by atoms with Crippen LogP contribution in [0.3, 0.4) is 0 Å². The first-order valence-corrected chi connectivity index (χ1v) is 2.56. The van der Waals surface area contributed by atoms with Gasteiger partial charge in [0.05, 0.1) is 5.60 Å². The van der Waals surface area contributed by atoms with Crippen molar-refractivity contribution in [1.82, 2.24) is 5.32 Å². The Hall–Kier alpha value is -0.0800. The van der Waals surface area contributed by atoms with Crippen LogP contribution in [0.5, 0.6) is 0 Å². The van der Waals surface area contributed by atoms with E-state index in [0.717, 1.165) is 6.54 Å². The van der Waals surface area contributed by atoms with E-state index in [-0.39, 0.29) is 0 Å². The van der Waals surface area contributed by atoms with Crippen molar-refractivity contribution in [2.24, 2.45) is 0 Å². The maximum absolute atomic E-state index is 9.09. The number of aliphatic hydroxyl groups is 1. The zero-order valence-corrected chi connectivity index (χ0v) is 4.73. The molecule has 1 saturated heterocycles. The molecule has 0 radical (unpaired) electrons. The second-order valence-corrected chi connectivity index (χ2v) is 2.61. The molecule has 0 aromatic rings. The predicted molar refractivity (Wildman–Crippen MR) is 28.1 cm³/mol. The summed E-state index contributed by atoms with van der Waals surface area (Å²) >= 11 is 0. The minimum absolute atomic E-state index is 0.354. The second kappa shape index (κ2) is 1.20. The fourth-order valence-electron chi connectivity index (χ4n) is 0.558. The summed E-state index contributed by atoms with van der Waals surface area (Å²) < 4.78 is 0. The van der Waals surface area contributed by atoms with Crippen LogP contribution in [0.25, 0.3) is 0 Å². The van der Waals surface area contributed by atoms with E-state index in [0.29, 0.717) is 6.04 Å². The zero-order valence-electron chi connectivity index (χ0n) is 4.73. The molecule has 42 valence electrons. The highest BCUT2D eigenvalue weighted by molar-refractivity contribution is 4.96. The van der Waals surface area contributed by atoms with Gasteiger partial charge in [0.25, 0.3) is 0 Å². The summed E-state index contributed by atoms with van der Waals surface area (Å²) in [7, 11) is 0. The maximum Gasteiger partial charge on any atom is 0.0756 e. The molecule has 0 amide bonds. The van der Waals surface area contributed by atoms with Gasteiger partial charge in [-0.3, -0.25) is 0 Å². The van der Waals surface area contributed by atoms with Crippen LogP contribution in [-0.4, -0.2) is 23.3 Å². The Morgan fingerprint density at radius 3 is 2.14 bits per heavy atom. The van der Waals surface area contributed by atoms with Crippen LogP contribution < -0.4 is 5.32 Å². The van der Waals surface area contributed by atoms with E-state index >= 15 is 0 Å². The monoisotopic (exact) mass is 101 g/mol. The quantitative estimate of drug-likeness (QED) is 0.446. The summed E-state index contributed by atoms with van der Waals surface area (Å²) in [5.41, 5.74) is -0.500. The van der Waals surface area contributed by atoms with Gasteiger partial charge < -0.3 is 10.4 Å². The van der Waals surface area contributed by atoms with Crippen molar-refractivity contribution < 1.29 is 5.11 Å². The molecule has 0 bridgehead atoms. The summed E-state index contributed by atoms with van der Waals surface area (Å²) in [4.78, 5) is 0. The van der Waals surface area contributed by atoms with Gasteiger partial charge in [-0.05, 0) is 13.8 Å². The third-order valence-electron chi connectivity index (χ3n) is 1.26. The van der Waals surface area contributed by atoms with E-state index in [4.69, 9.17) is 5.11 Å². The van der Waals surface area contributed by atoms with Crippen molar-refractivity contribution in [1.29, 1.82) is 0 Å². The highest BCUT2D eigenvalue weighted by Gasteiger charge is 2.34. The van der Waals surface area contributed by atoms with Gasteiger partial charge in [-0.25, -0.2) is 0 Å². The first kappa shape index (κ1) is 5.06. The van der Waals surface area contributed by atoms with Crippen molar-refractivity contribution in [3.05, 3.63) is 0 Å². The molecular formula is C5H11NO. The molecule has 1 heterocycles. The lowest BCUT2D eigenvalue weighted by atomic mass is 10.1. The summed E-state index contributed by atoms with van der Waals surface area (Å²) in [6.07, 6.45) is 0. The molecule has 7 heavy (non-hydrogen) atoms. The Kier molecular flexibility index (Phi) is 0.869. The van der Waals surface area contributed by atoms with Gasteiger partial charge >= 0.3 is 0 Å². The Morgan fingerprint density at radius 1 is 1.71 bits per heavy atom. The molecule has 1 atom stereocenters. The topological polar surface area (TPSA) is 42.2 Å². The van der Waals surface area contributed by atoms with Crippen molar-refractivity contribution in [2.45, 2.75) is 25.5 Å². The van der Waals surface area contributed by atoms with Gasteiger partial charge in [0, 0.05) is 12.6 Å². The molecule has 0 aromatic carbocycles. The number of hydrogen-bond donors (Lipinski definition) is 2. The first-order chi connectivity index (χ1) is 3.11. The molecule has 2 N–H and O–H groups in total. The highest BCUT2D eigenvalue weighted by Crippen LogP contribution is 2.14. The van der Waals surface area contributed by atoms with Crippen LogP contribution >= 0.6 is 0 Å². The average molecular weight is 101 g/mol. The molecule has 0 saturated carbocycles. The summed E-state index contributed by atoms with van der Waals surface area (Å²) in [5, 5.41) is 12.1. The Balaban J connectivity index is 2.36. The SMILES string of the molecule is CC(C)(O)[C@@H]1CN1. The molecule has 0 aliphatic carbocycles. The lowest BCUT2D eigenvalue weighted by Gasteiger charge is -2.12. The summed E-state index contributed by atoms with van der Waals surface area (Å²) in [5.74, 6) is 0. The second-order valence-electron chi connectivity index (χ2n) is 2.61. The van der Waals surface area contributed by atoms with E-state index in [1.165, 1.54) is 0 Å². The van der Waals surface area contributed by atoms with Gasteiger partial charge in [-0.2, -0.15) is 0 Å². The molecule has 0 unspecified atom stereocenters. The van der Waals surface area contributed by atoms with Crippen molar-refractivity contribution in [3.8, 4) is 0 Å². The Morgan fingerprint density at radius 2 is 2.14 bits per heavy atom. The minimum Gasteiger partial charge on any atom is -0.389 e. The maximum atomic E-state index is 9.09. The number of nitrogens with one attached hydrogen (secondary N) is 1. The van der Waals surface area contributed by atoms with Crippen LogP contribution in [0.15, 0.2) is 0 Å². The lowest BCUT2D eigenvalue weighted by molar-refractivity contribution is 0.0791. The molecule has 2 nitrogen and oxygen atoms in total. The molecule has 1 fully saturated rings. The molecule has 1 aliphatic rings. The lowest BCUT2D eigenvalue weighted by Crippen LogP contribution is -2.28. The molecule has 0 aromatic heterocycles. The summed E-state index contributed by atoms with van der Waals surface area (Å²) in [6.45, 7) is 4.61. The standard InChI is InChI=1S/C5H11NO/c1-5(2,7)4-3-6-4/h4,6-7H,3H2,1-2H3/t4-/m0/s1. The molecule has 2 heteroatoms. The average Bonchev–Trinajstić information content (AvgIpc) is 1.99. The molecule has 1 rings (SSSR count). The van der Waals surface area contributed by atoms with Crippen LogP contribution in [-0.2, 0) is 0 Å². The van der Waals surface area contributed by atoms with Gasteiger partial charge in [0.1, 0.15) is 0 Å². The number of rotatable bonds is 1. The van der Waals surface area contributed by atoms with E-state index in [1.54, 1.807) is 0 Å². The third-order valence-corrected chi connectivity index (χ3v) is 1.26. The normalized spacial score (nSPS) is 30.4.